The third kappa shape index (κ3) is 2.89. The maximum Gasteiger partial charge on any atom is 0.371 e. The predicted molar refractivity (Wildman–Crippen MR) is 82.8 cm³/mol. The molecular weight excluding hydrogens is 334 g/mol. The molecule has 1 fully saturated rings. The lowest BCUT2D eigenvalue weighted by atomic mass is 10.2. The molecule has 2 aliphatic rings. The van der Waals surface area contributed by atoms with Gasteiger partial charge in [0.05, 0.1) is 13.2 Å². The molecule has 0 radical (unpaired) electrons. The number of benzene rings is 1. The van der Waals surface area contributed by atoms with Gasteiger partial charge in [0.2, 0.25) is 5.90 Å². The Kier molecular flexibility index (Phi) is 4.38. The number of nitrogens with zero attached hydrogens (tertiary/aromatic N) is 2. The van der Waals surface area contributed by atoms with Crippen LogP contribution in [0.3, 0.4) is 0 Å². The molecule has 0 N–H and O–H groups in total. The fraction of sp³-hybridized carbons (Fsp3) is 0.308. The van der Waals surface area contributed by atoms with Gasteiger partial charge in [-0.2, -0.15) is 0 Å². The monoisotopic (exact) mass is 346 g/mol. The van der Waals surface area contributed by atoms with E-state index in [0.29, 0.717) is 26.3 Å². The molecule has 2 aliphatic heterocycles. The molecule has 0 bridgehead atoms. The minimum Gasteiger partial charge on any atom is -0.409 e. The Balaban J connectivity index is 1.97. The Morgan fingerprint density at radius 2 is 1.86 bits per heavy atom. The average Bonchev–Trinajstić information content (AvgIpc) is 2.89. The van der Waals surface area contributed by atoms with Crippen molar-refractivity contribution in [3.63, 3.8) is 0 Å². The molecule has 21 heavy (non-hydrogen) atoms. The minimum absolute atomic E-state index is 0.103. The largest absolute Gasteiger partial charge is 0.409 e. The van der Waals surface area contributed by atoms with E-state index in [1.807, 2.05) is 30.3 Å². The Labute approximate surface area is 132 Å². The highest BCUT2D eigenvalue weighted by Gasteiger charge is 2.46. The number of aliphatic imine (C=N–C) groups is 1. The maximum absolute atomic E-state index is 13.2. The van der Waals surface area contributed by atoms with E-state index in [4.69, 9.17) is 32.5 Å². The summed E-state index contributed by atoms with van der Waals surface area (Å²) in [5, 5.41) is 0. The van der Waals surface area contributed by atoms with Crippen molar-refractivity contribution in [2.24, 2.45) is 4.99 Å². The van der Waals surface area contributed by atoms with Crippen molar-refractivity contribution >= 4 is 36.6 Å². The molecule has 0 amide bonds. The third-order valence-electron chi connectivity index (χ3n) is 3.23. The maximum atomic E-state index is 13.2. The van der Waals surface area contributed by atoms with Crippen molar-refractivity contribution in [1.82, 2.24) is 4.67 Å². The molecule has 1 atom stereocenters. The van der Waals surface area contributed by atoms with Crippen molar-refractivity contribution in [2.45, 2.75) is 0 Å². The molecule has 1 aromatic rings. The van der Waals surface area contributed by atoms with Crippen LogP contribution in [0.2, 0.25) is 0 Å². The Bertz CT molecular complexity index is 638. The van der Waals surface area contributed by atoms with E-state index in [2.05, 4.69) is 4.99 Å². The molecule has 0 saturated carbocycles. The molecule has 0 spiro atoms. The molecule has 112 valence electrons. The van der Waals surface area contributed by atoms with E-state index in [1.54, 1.807) is 4.67 Å². The summed E-state index contributed by atoms with van der Waals surface area (Å²) in [4.78, 5) is 4.25. The molecular formula is C13H13Cl2N2O3P. The SMILES string of the molecule is O=P1(N2CCOCC2)OC(c2ccccc2)=NC1=C(Cl)Cl. The van der Waals surface area contributed by atoms with Gasteiger partial charge in [0.1, 0.15) is 4.49 Å². The standard InChI is InChI=1S/C13H13Cl2N2O3P/c14-11(15)13-16-12(10-4-2-1-3-5-10)20-21(13,18)17-6-8-19-9-7-17/h1-5H,6-9H2. The lowest BCUT2D eigenvalue weighted by molar-refractivity contribution is 0.0689. The van der Waals surface area contributed by atoms with Crippen LogP contribution >= 0.6 is 30.7 Å². The van der Waals surface area contributed by atoms with Crippen LogP contribution < -0.4 is 0 Å². The van der Waals surface area contributed by atoms with Gasteiger partial charge in [0, 0.05) is 18.7 Å². The lowest BCUT2D eigenvalue weighted by Crippen LogP contribution is -2.34. The normalized spacial score (nSPS) is 26.4. The highest BCUT2D eigenvalue weighted by atomic mass is 35.5. The lowest BCUT2D eigenvalue weighted by Gasteiger charge is -2.30. The smallest absolute Gasteiger partial charge is 0.371 e. The third-order valence-corrected chi connectivity index (χ3v) is 6.28. The number of rotatable bonds is 2. The van der Waals surface area contributed by atoms with Gasteiger partial charge in [-0.1, -0.05) is 41.4 Å². The Morgan fingerprint density at radius 3 is 2.48 bits per heavy atom. The summed E-state index contributed by atoms with van der Waals surface area (Å²) in [6, 6.07) is 9.24. The van der Waals surface area contributed by atoms with Gasteiger partial charge in [-0.25, -0.2) is 9.66 Å². The zero-order chi connectivity index (χ0) is 14.9. The number of halogens is 2. The molecule has 0 aromatic heterocycles. The van der Waals surface area contributed by atoms with Gasteiger partial charge in [0.25, 0.3) is 0 Å². The zero-order valence-corrected chi connectivity index (χ0v) is 13.4. The van der Waals surface area contributed by atoms with Crippen molar-refractivity contribution in [1.29, 1.82) is 0 Å². The second kappa shape index (κ2) is 6.11. The first-order valence-electron chi connectivity index (χ1n) is 6.44. The average molecular weight is 347 g/mol. The highest BCUT2D eigenvalue weighted by molar-refractivity contribution is 7.62. The minimum atomic E-state index is -3.37. The summed E-state index contributed by atoms with van der Waals surface area (Å²) >= 11 is 11.7. The Hall–Kier alpha value is -0.840. The summed E-state index contributed by atoms with van der Waals surface area (Å²) < 4.78 is 25.8. The fourth-order valence-corrected chi connectivity index (χ4v) is 4.89. The summed E-state index contributed by atoms with van der Waals surface area (Å²) in [6.45, 7) is 1.95. The molecule has 1 unspecified atom stereocenters. The topological polar surface area (TPSA) is 51.1 Å². The van der Waals surface area contributed by atoms with Crippen molar-refractivity contribution in [2.75, 3.05) is 26.3 Å². The molecule has 5 nitrogen and oxygen atoms in total. The summed E-state index contributed by atoms with van der Waals surface area (Å²) in [5.41, 5.74) is 0.835. The molecule has 1 saturated heterocycles. The second-order valence-electron chi connectivity index (χ2n) is 4.54. The van der Waals surface area contributed by atoms with E-state index in [9.17, 15) is 4.57 Å². The van der Waals surface area contributed by atoms with Crippen LogP contribution in [-0.4, -0.2) is 36.9 Å². The van der Waals surface area contributed by atoms with E-state index >= 15 is 0 Å². The first-order valence-corrected chi connectivity index (χ1v) is 8.77. The quantitative estimate of drug-likeness (QED) is 0.768. The van der Waals surface area contributed by atoms with Crippen LogP contribution in [0.25, 0.3) is 0 Å². The second-order valence-corrected chi connectivity index (χ2v) is 7.71. The van der Waals surface area contributed by atoms with Crippen molar-refractivity contribution in [3.05, 3.63) is 45.8 Å². The van der Waals surface area contributed by atoms with Crippen LogP contribution in [-0.2, 0) is 13.8 Å². The number of hydrogen-bond donors (Lipinski definition) is 0. The van der Waals surface area contributed by atoms with Gasteiger partial charge < -0.3 is 9.26 Å². The first-order chi connectivity index (χ1) is 10.1. The summed E-state index contributed by atoms with van der Waals surface area (Å²) in [7, 11) is -3.37. The first kappa shape index (κ1) is 15.1. The number of ether oxygens (including phenoxy) is 1. The van der Waals surface area contributed by atoms with Gasteiger partial charge in [-0.3, -0.25) is 4.57 Å². The number of morpholine rings is 1. The molecule has 8 heteroatoms. The fourth-order valence-electron chi connectivity index (χ4n) is 2.20. The summed E-state index contributed by atoms with van der Waals surface area (Å²) in [5.74, 6) is 0.277. The van der Waals surface area contributed by atoms with Gasteiger partial charge in [-0.15, -0.1) is 0 Å². The van der Waals surface area contributed by atoms with E-state index < -0.39 is 7.52 Å². The highest BCUT2D eigenvalue weighted by Crippen LogP contribution is 2.64. The van der Waals surface area contributed by atoms with Gasteiger partial charge in [0.15, 0.2) is 5.44 Å². The molecule has 3 rings (SSSR count). The van der Waals surface area contributed by atoms with E-state index in [-0.39, 0.29) is 15.8 Å². The zero-order valence-electron chi connectivity index (χ0n) is 11.0. The van der Waals surface area contributed by atoms with Crippen LogP contribution in [0.5, 0.6) is 0 Å². The molecule has 0 aliphatic carbocycles. The number of hydrogen-bond acceptors (Lipinski definition) is 4. The van der Waals surface area contributed by atoms with Crippen LogP contribution in [0.1, 0.15) is 5.56 Å². The molecule has 1 aromatic carbocycles. The van der Waals surface area contributed by atoms with Crippen molar-refractivity contribution in [3.8, 4) is 0 Å². The van der Waals surface area contributed by atoms with E-state index in [0.717, 1.165) is 5.56 Å². The van der Waals surface area contributed by atoms with Crippen LogP contribution in [0, 0.1) is 0 Å². The van der Waals surface area contributed by atoms with Gasteiger partial charge in [-0.05, 0) is 12.1 Å². The molecule has 2 heterocycles. The van der Waals surface area contributed by atoms with Crippen LogP contribution in [0.4, 0.5) is 0 Å². The summed E-state index contributed by atoms with van der Waals surface area (Å²) in [6.07, 6.45) is 0. The predicted octanol–water partition coefficient (Wildman–Crippen LogP) is 3.59. The van der Waals surface area contributed by atoms with Crippen LogP contribution in [0.15, 0.2) is 45.3 Å². The Morgan fingerprint density at radius 1 is 1.19 bits per heavy atom. The van der Waals surface area contributed by atoms with E-state index in [1.165, 1.54) is 0 Å². The van der Waals surface area contributed by atoms with Crippen molar-refractivity contribution < 1.29 is 13.8 Å². The van der Waals surface area contributed by atoms with Gasteiger partial charge >= 0.3 is 7.52 Å².